The number of pyridine rings is 1. The Kier molecular flexibility index (Phi) is 2.70. The van der Waals surface area contributed by atoms with Gasteiger partial charge in [0.15, 0.2) is 0 Å². The zero-order valence-corrected chi connectivity index (χ0v) is 8.15. The van der Waals surface area contributed by atoms with Crippen LogP contribution in [-0.4, -0.2) is 15.0 Å². The van der Waals surface area contributed by atoms with Gasteiger partial charge in [0, 0.05) is 12.4 Å². The average molecular weight is 206 g/mol. The van der Waals surface area contributed by atoms with Gasteiger partial charge in [0.05, 0.1) is 17.3 Å². The maximum absolute atomic E-state index is 5.64. The van der Waals surface area contributed by atoms with Crippen molar-refractivity contribution >= 4 is 11.6 Å². The van der Waals surface area contributed by atoms with E-state index in [2.05, 4.69) is 15.0 Å². The van der Waals surface area contributed by atoms with Gasteiger partial charge in [0.1, 0.15) is 5.82 Å². The van der Waals surface area contributed by atoms with Gasteiger partial charge in [-0.3, -0.25) is 4.98 Å². The van der Waals surface area contributed by atoms with E-state index in [0.717, 1.165) is 11.4 Å². The first-order valence-electron chi connectivity index (χ1n) is 4.19. The van der Waals surface area contributed by atoms with Crippen molar-refractivity contribution in [1.82, 2.24) is 15.0 Å². The second-order valence-corrected chi connectivity index (χ2v) is 2.97. The molecule has 0 atom stereocenters. The number of rotatable bonds is 2. The normalized spacial score (nSPS) is 10.1. The zero-order chi connectivity index (χ0) is 9.80. The second kappa shape index (κ2) is 4.15. The van der Waals surface area contributed by atoms with Crippen LogP contribution < -0.4 is 0 Å². The van der Waals surface area contributed by atoms with Crippen LogP contribution in [0.15, 0.2) is 36.7 Å². The van der Waals surface area contributed by atoms with Crippen molar-refractivity contribution < 1.29 is 0 Å². The van der Waals surface area contributed by atoms with Gasteiger partial charge in [-0.1, -0.05) is 6.07 Å². The van der Waals surface area contributed by atoms with Crippen molar-refractivity contribution in [3.05, 3.63) is 42.5 Å². The molecule has 0 aromatic carbocycles. The third-order valence-electron chi connectivity index (χ3n) is 1.75. The first-order valence-corrected chi connectivity index (χ1v) is 4.73. The number of hydrogen-bond acceptors (Lipinski definition) is 3. The molecule has 70 valence electrons. The van der Waals surface area contributed by atoms with E-state index >= 15 is 0 Å². The Bertz CT molecular complexity index is 417. The van der Waals surface area contributed by atoms with Gasteiger partial charge < -0.3 is 0 Å². The Labute approximate surface area is 86.8 Å². The molecule has 4 heteroatoms. The fraction of sp³-hybridized carbons (Fsp3) is 0.100. The maximum Gasteiger partial charge on any atom is 0.143 e. The lowest BCUT2D eigenvalue weighted by atomic mass is 10.2. The summed E-state index contributed by atoms with van der Waals surface area (Å²) in [7, 11) is 0. The van der Waals surface area contributed by atoms with Gasteiger partial charge in [-0.05, 0) is 18.2 Å². The number of nitrogens with zero attached hydrogens (tertiary/aromatic N) is 3. The van der Waals surface area contributed by atoms with E-state index in [4.69, 9.17) is 11.6 Å². The predicted molar refractivity (Wildman–Crippen MR) is 54.8 cm³/mol. The van der Waals surface area contributed by atoms with Crippen molar-refractivity contribution in [2.45, 2.75) is 5.88 Å². The monoisotopic (exact) mass is 205 g/mol. The molecule has 0 saturated carbocycles. The Morgan fingerprint density at radius 1 is 1.00 bits per heavy atom. The van der Waals surface area contributed by atoms with Crippen LogP contribution in [-0.2, 0) is 5.88 Å². The minimum atomic E-state index is 0.320. The number of alkyl halides is 1. The van der Waals surface area contributed by atoms with E-state index in [-0.39, 0.29) is 0 Å². The highest BCUT2D eigenvalue weighted by atomic mass is 35.5. The third kappa shape index (κ3) is 1.88. The Morgan fingerprint density at radius 2 is 1.93 bits per heavy atom. The van der Waals surface area contributed by atoms with Crippen LogP contribution >= 0.6 is 11.6 Å². The standard InChI is InChI=1S/C10H8ClN3/c11-7-10-13-6-4-9(14-10)8-3-1-2-5-12-8/h1-6H,7H2. The molecule has 2 aromatic rings. The van der Waals surface area contributed by atoms with E-state index < -0.39 is 0 Å². The van der Waals surface area contributed by atoms with Crippen LogP contribution in [0.4, 0.5) is 0 Å². The predicted octanol–water partition coefficient (Wildman–Crippen LogP) is 2.28. The molecule has 0 aliphatic rings. The summed E-state index contributed by atoms with van der Waals surface area (Å²) >= 11 is 5.64. The quantitative estimate of drug-likeness (QED) is 0.706. The number of halogens is 1. The Balaban J connectivity index is 2.42. The van der Waals surface area contributed by atoms with Crippen molar-refractivity contribution in [3.8, 4) is 11.4 Å². The minimum absolute atomic E-state index is 0.320. The van der Waals surface area contributed by atoms with Gasteiger partial charge >= 0.3 is 0 Å². The third-order valence-corrected chi connectivity index (χ3v) is 1.99. The number of aromatic nitrogens is 3. The van der Waals surface area contributed by atoms with Crippen molar-refractivity contribution in [1.29, 1.82) is 0 Å². The van der Waals surface area contributed by atoms with E-state index in [1.165, 1.54) is 0 Å². The summed E-state index contributed by atoms with van der Waals surface area (Å²) in [6.07, 6.45) is 3.42. The SMILES string of the molecule is ClCc1nccc(-c2ccccn2)n1. The summed E-state index contributed by atoms with van der Waals surface area (Å²) in [5.74, 6) is 0.940. The molecule has 0 unspecified atom stereocenters. The summed E-state index contributed by atoms with van der Waals surface area (Å²) in [5.41, 5.74) is 1.64. The molecule has 2 aromatic heterocycles. The Hall–Kier alpha value is -1.48. The van der Waals surface area contributed by atoms with Crippen LogP contribution in [0, 0.1) is 0 Å². The summed E-state index contributed by atoms with van der Waals surface area (Å²) in [6.45, 7) is 0. The van der Waals surface area contributed by atoms with Crippen molar-refractivity contribution in [2.75, 3.05) is 0 Å². The molecule has 2 heterocycles. The van der Waals surface area contributed by atoms with E-state index in [9.17, 15) is 0 Å². The van der Waals surface area contributed by atoms with Gasteiger partial charge in [0.2, 0.25) is 0 Å². The first kappa shape index (κ1) is 9.09. The molecular formula is C10H8ClN3. The molecule has 0 amide bonds. The lowest BCUT2D eigenvalue weighted by Gasteiger charge is -1.99. The largest absolute Gasteiger partial charge is 0.255 e. The highest BCUT2D eigenvalue weighted by Crippen LogP contribution is 2.12. The Morgan fingerprint density at radius 3 is 2.64 bits per heavy atom. The fourth-order valence-corrected chi connectivity index (χ4v) is 1.25. The molecule has 0 aliphatic carbocycles. The van der Waals surface area contributed by atoms with Crippen molar-refractivity contribution in [3.63, 3.8) is 0 Å². The summed E-state index contributed by atoms with van der Waals surface area (Å²) in [4.78, 5) is 12.5. The maximum atomic E-state index is 5.64. The molecule has 0 N–H and O–H groups in total. The molecule has 0 fully saturated rings. The molecule has 14 heavy (non-hydrogen) atoms. The summed E-state index contributed by atoms with van der Waals surface area (Å²) < 4.78 is 0. The molecule has 0 saturated heterocycles. The lowest BCUT2D eigenvalue weighted by Crippen LogP contribution is -1.93. The molecule has 0 bridgehead atoms. The van der Waals surface area contributed by atoms with E-state index in [1.54, 1.807) is 12.4 Å². The van der Waals surface area contributed by atoms with Crippen molar-refractivity contribution in [2.24, 2.45) is 0 Å². The number of hydrogen-bond donors (Lipinski definition) is 0. The second-order valence-electron chi connectivity index (χ2n) is 2.71. The minimum Gasteiger partial charge on any atom is -0.255 e. The molecule has 0 aliphatic heterocycles. The summed E-state index contributed by atoms with van der Waals surface area (Å²) in [5, 5.41) is 0. The van der Waals surface area contributed by atoms with Crippen LogP contribution in [0.1, 0.15) is 5.82 Å². The highest BCUT2D eigenvalue weighted by Gasteiger charge is 2.01. The average Bonchev–Trinajstić information content (AvgIpc) is 2.30. The molecule has 3 nitrogen and oxygen atoms in total. The molecular weight excluding hydrogens is 198 g/mol. The van der Waals surface area contributed by atoms with Crippen LogP contribution in [0.3, 0.4) is 0 Å². The first-order chi connectivity index (χ1) is 6.90. The smallest absolute Gasteiger partial charge is 0.143 e. The van der Waals surface area contributed by atoms with Gasteiger partial charge in [-0.25, -0.2) is 9.97 Å². The lowest BCUT2D eigenvalue weighted by molar-refractivity contribution is 1.03. The summed E-state index contributed by atoms with van der Waals surface area (Å²) in [6, 6.07) is 7.51. The molecule has 0 radical (unpaired) electrons. The zero-order valence-electron chi connectivity index (χ0n) is 7.39. The van der Waals surface area contributed by atoms with E-state index in [0.29, 0.717) is 11.7 Å². The van der Waals surface area contributed by atoms with Crippen LogP contribution in [0.5, 0.6) is 0 Å². The van der Waals surface area contributed by atoms with Gasteiger partial charge in [-0.2, -0.15) is 0 Å². The van der Waals surface area contributed by atoms with Gasteiger partial charge in [-0.15, -0.1) is 11.6 Å². The fourth-order valence-electron chi connectivity index (χ4n) is 1.12. The van der Waals surface area contributed by atoms with Crippen LogP contribution in [0.25, 0.3) is 11.4 Å². The molecule has 0 spiro atoms. The highest BCUT2D eigenvalue weighted by molar-refractivity contribution is 6.16. The molecule has 2 rings (SSSR count). The topological polar surface area (TPSA) is 38.7 Å². The van der Waals surface area contributed by atoms with E-state index in [1.807, 2.05) is 24.3 Å². The van der Waals surface area contributed by atoms with Crippen LogP contribution in [0.2, 0.25) is 0 Å². The van der Waals surface area contributed by atoms with Gasteiger partial charge in [0.25, 0.3) is 0 Å².